The average molecular weight is 276 g/mol. The number of hydrogen-bond acceptors (Lipinski definition) is 3. The van der Waals surface area contributed by atoms with Crippen LogP contribution in [0.4, 0.5) is 0 Å². The Morgan fingerprint density at radius 1 is 1.30 bits per heavy atom. The lowest BCUT2D eigenvalue weighted by Crippen LogP contribution is -2.42. The first-order valence-corrected chi connectivity index (χ1v) is 7.85. The van der Waals surface area contributed by atoms with Gasteiger partial charge in [0.1, 0.15) is 0 Å². The van der Waals surface area contributed by atoms with Crippen LogP contribution >= 0.6 is 0 Å². The SMILES string of the molecule is CC(C)C(c1ccccc1)N(CCO)CC1CCCN1. The Labute approximate surface area is 123 Å². The van der Waals surface area contributed by atoms with Crippen molar-refractivity contribution in [2.45, 2.75) is 38.8 Å². The van der Waals surface area contributed by atoms with Crippen molar-refractivity contribution in [3.8, 4) is 0 Å². The van der Waals surface area contributed by atoms with Crippen LogP contribution in [0.5, 0.6) is 0 Å². The third-order valence-electron chi connectivity index (χ3n) is 4.17. The monoisotopic (exact) mass is 276 g/mol. The number of nitrogens with one attached hydrogen (secondary N) is 1. The second kappa shape index (κ2) is 7.77. The van der Waals surface area contributed by atoms with Gasteiger partial charge in [-0.1, -0.05) is 44.2 Å². The quantitative estimate of drug-likeness (QED) is 0.803. The molecule has 1 saturated heterocycles. The van der Waals surface area contributed by atoms with E-state index in [0.29, 0.717) is 18.0 Å². The largest absolute Gasteiger partial charge is 0.395 e. The molecule has 0 radical (unpaired) electrons. The first-order valence-electron chi connectivity index (χ1n) is 7.85. The molecule has 1 heterocycles. The minimum Gasteiger partial charge on any atom is -0.395 e. The molecule has 0 spiro atoms. The van der Waals surface area contributed by atoms with Gasteiger partial charge in [0.2, 0.25) is 0 Å². The molecule has 0 saturated carbocycles. The number of aliphatic hydroxyl groups excluding tert-OH is 1. The van der Waals surface area contributed by atoms with E-state index >= 15 is 0 Å². The number of hydrogen-bond donors (Lipinski definition) is 2. The molecular formula is C17H28N2O. The number of rotatable bonds is 7. The maximum Gasteiger partial charge on any atom is 0.0558 e. The van der Waals surface area contributed by atoms with Crippen LogP contribution in [-0.2, 0) is 0 Å². The van der Waals surface area contributed by atoms with E-state index in [1.807, 2.05) is 0 Å². The molecule has 1 aliphatic rings. The summed E-state index contributed by atoms with van der Waals surface area (Å²) in [7, 11) is 0. The first kappa shape index (κ1) is 15.5. The molecule has 2 atom stereocenters. The van der Waals surface area contributed by atoms with Crippen LogP contribution < -0.4 is 5.32 Å². The molecule has 112 valence electrons. The summed E-state index contributed by atoms with van der Waals surface area (Å²) in [5.41, 5.74) is 1.36. The third-order valence-corrected chi connectivity index (χ3v) is 4.17. The second-order valence-corrected chi connectivity index (χ2v) is 6.11. The zero-order chi connectivity index (χ0) is 14.4. The van der Waals surface area contributed by atoms with Gasteiger partial charge in [-0.2, -0.15) is 0 Å². The molecule has 1 aromatic carbocycles. The van der Waals surface area contributed by atoms with E-state index in [4.69, 9.17) is 0 Å². The maximum atomic E-state index is 9.43. The van der Waals surface area contributed by atoms with Crippen LogP contribution in [0.1, 0.15) is 38.3 Å². The second-order valence-electron chi connectivity index (χ2n) is 6.11. The van der Waals surface area contributed by atoms with Gasteiger partial charge < -0.3 is 10.4 Å². The van der Waals surface area contributed by atoms with Gasteiger partial charge in [-0.05, 0) is 30.9 Å². The lowest BCUT2D eigenvalue weighted by Gasteiger charge is -2.36. The van der Waals surface area contributed by atoms with Crippen molar-refractivity contribution in [2.75, 3.05) is 26.2 Å². The molecule has 0 aromatic heterocycles. The van der Waals surface area contributed by atoms with Gasteiger partial charge in [0.15, 0.2) is 0 Å². The van der Waals surface area contributed by atoms with Crippen molar-refractivity contribution in [2.24, 2.45) is 5.92 Å². The fourth-order valence-electron chi connectivity index (χ4n) is 3.34. The predicted octanol–water partition coefficient (Wildman–Crippen LogP) is 2.43. The van der Waals surface area contributed by atoms with Gasteiger partial charge in [-0.3, -0.25) is 4.90 Å². The normalized spacial score (nSPS) is 20.8. The zero-order valence-electron chi connectivity index (χ0n) is 12.8. The Kier molecular flexibility index (Phi) is 6.02. The minimum atomic E-state index is 0.225. The smallest absolute Gasteiger partial charge is 0.0558 e. The highest BCUT2D eigenvalue weighted by atomic mass is 16.3. The molecule has 0 bridgehead atoms. The molecule has 2 unspecified atom stereocenters. The van der Waals surface area contributed by atoms with E-state index < -0.39 is 0 Å². The molecule has 20 heavy (non-hydrogen) atoms. The van der Waals surface area contributed by atoms with Gasteiger partial charge >= 0.3 is 0 Å². The van der Waals surface area contributed by atoms with Crippen molar-refractivity contribution in [3.63, 3.8) is 0 Å². The van der Waals surface area contributed by atoms with Gasteiger partial charge in [0, 0.05) is 25.2 Å². The van der Waals surface area contributed by atoms with Crippen LogP contribution in [0.3, 0.4) is 0 Å². The van der Waals surface area contributed by atoms with Crippen molar-refractivity contribution < 1.29 is 5.11 Å². The van der Waals surface area contributed by atoms with Crippen LogP contribution in [0.2, 0.25) is 0 Å². The van der Waals surface area contributed by atoms with Gasteiger partial charge in [0.25, 0.3) is 0 Å². The number of nitrogens with zero attached hydrogens (tertiary/aromatic N) is 1. The molecule has 0 amide bonds. The van der Waals surface area contributed by atoms with Crippen molar-refractivity contribution >= 4 is 0 Å². The van der Waals surface area contributed by atoms with Crippen LogP contribution in [0.15, 0.2) is 30.3 Å². The maximum absolute atomic E-state index is 9.43. The lowest BCUT2D eigenvalue weighted by molar-refractivity contribution is 0.112. The summed E-state index contributed by atoms with van der Waals surface area (Å²) in [6.07, 6.45) is 2.52. The number of benzene rings is 1. The Hall–Kier alpha value is -0.900. The van der Waals surface area contributed by atoms with Gasteiger partial charge in [0.05, 0.1) is 6.61 Å². The summed E-state index contributed by atoms with van der Waals surface area (Å²) in [4.78, 5) is 2.45. The zero-order valence-corrected chi connectivity index (χ0v) is 12.8. The van der Waals surface area contributed by atoms with Crippen LogP contribution in [0.25, 0.3) is 0 Å². The van der Waals surface area contributed by atoms with Crippen molar-refractivity contribution in [3.05, 3.63) is 35.9 Å². The first-order chi connectivity index (χ1) is 9.72. The van der Waals surface area contributed by atoms with E-state index in [9.17, 15) is 5.11 Å². The third kappa shape index (κ3) is 4.05. The van der Waals surface area contributed by atoms with E-state index in [2.05, 4.69) is 54.4 Å². The van der Waals surface area contributed by atoms with E-state index in [0.717, 1.165) is 19.6 Å². The molecule has 1 aromatic rings. The van der Waals surface area contributed by atoms with E-state index in [-0.39, 0.29) is 6.61 Å². The fraction of sp³-hybridized carbons (Fsp3) is 0.647. The summed E-state index contributed by atoms with van der Waals surface area (Å²) in [5.74, 6) is 0.533. The van der Waals surface area contributed by atoms with E-state index in [1.54, 1.807) is 0 Å². The molecule has 0 aliphatic carbocycles. The Balaban J connectivity index is 2.13. The number of aliphatic hydroxyl groups is 1. The summed E-state index contributed by atoms with van der Waals surface area (Å²) >= 11 is 0. The van der Waals surface area contributed by atoms with Gasteiger partial charge in [-0.15, -0.1) is 0 Å². The molecule has 3 heteroatoms. The standard InChI is InChI=1S/C17H28N2O/c1-14(2)17(15-7-4-3-5-8-15)19(11-12-20)13-16-9-6-10-18-16/h3-5,7-8,14,16-18,20H,6,9-13H2,1-2H3. The van der Waals surface area contributed by atoms with Gasteiger partial charge in [-0.25, -0.2) is 0 Å². The fourth-order valence-corrected chi connectivity index (χ4v) is 3.34. The Bertz CT molecular complexity index is 374. The molecule has 3 nitrogen and oxygen atoms in total. The topological polar surface area (TPSA) is 35.5 Å². The summed E-state index contributed by atoms with van der Waals surface area (Å²) < 4.78 is 0. The lowest BCUT2D eigenvalue weighted by atomic mass is 9.94. The molecular weight excluding hydrogens is 248 g/mol. The van der Waals surface area contributed by atoms with Crippen molar-refractivity contribution in [1.29, 1.82) is 0 Å². The Morgan fingerprint density at radius 3 is 2.60 bits per heavy atom. The molecule has 2 N–H and O–H groups in total. The molecule has 2 rings (SSSR count). The summed E-state index contributed by atoms with van der Waals surface area (Å²) in [6, 6.07) is 11.6. The highest BCUT2D eigenvalue weighted by Gasteiger charge is 2.26. The highest BCUT2D eigenvalue weighted by molar-refractivity contribution is 5.19. The molecule has 1 aliphatic heterocycles. The molecule has 1 fully saturated rings. The van der Waals surface area contributed by atoms with E-state index in [1.165, 1.54) is 18.4 Å². The van der Waals surface area contributed by atoms with Crippen LogP contribution in [0, 0.1) is 5.92 Å². The highest BCUT2D eigenvalue weighted by Crippen LogP contribution is 2.29. The minimum absolute atomic E-state index is 0.225. The Morgan fingerprint density at radius 2 is 2.05 bits per heavy atom. The average Bonchev–Trinajstić information content (AvgIpc) is 2.93. The summed E-state index contributed by atoms with van der Waals surface area (Å²) in [6.45, 7) is 7.67. The summed E-state index contributed by atoms with van der Waals surface area (Å²) in [5, 5.41) is 13.0. The predicted molar refractivity (Wildman–Crippen MR) is 83.7 cm³/mol. The van der Waals surface area contributed by atoms with Crippen LogP contribution in [-0.4, -0.2) is 42.3 Å². The van der Waals surface area contributed by atoms with Crippen molar-refractivity contribution in [1.82, 2.24) is 10.2 Å².